The van der Waals surface area contributed by atoms with Gasteiger partial charge in [0, 0.05) is 11.1 Å². The zero-order valence-corrected chi connectivity index (χ0v) is 10.7. The number of ketones is 1. The summed E-state index contributed by atoms with van der Waals surface area (Å²) in [5.41, 5.74) is 1.61. The van der Waals surface area contributed by atoms with Crippen molar-refractivity contribution in [2.24, 2.45) is 0 Å². The summed E-state index contributed by atoms with van der Waals surface area (Å²) >= 11 is 0. The number of hydrogen-bond donors (Lipinski definition) is 0. The second kappa shape index (κ2) is 6.42. The maximum Gasteiger partial charge on any atom is 0.159 e. The van der Waals surface area contributed by atoms with E-state index in [0.717, 1.165) is 5.56 Å². The Hall–Kier alpha value is -2.53. The molecule has 2 nitrogen and oxygen atoms in total. The standard InChI is InChI=1S/C17H14O2/c1-14(18)16-10-5-11-17(13-16)19-12-6-9-15-7-3-2-4-8-15/h2-5,7-8,10-11,13H,12H2,1H3. The molecule has 2 heteroatoms. The number of Topliss-reactive ketones (excluding diaryl/α,β-unsaturated/α-hetero) is 1. The molecule has 2 aromatic carbocycles. The number of carbonyl (C=O) groups is 1. The third-order valence-electron chi connectivity index (χ3n) is 2.56. The van der Waals surface area contributed by atoms with Crippen LogP contribution in [0.4, 0.5) is 0 Å². The monoisotopic (exact) mass is 250 g/mol. The van der Waals surface area contributed by atoms with E-state index in [-0.39, 0.29) is 5.78 Å². The van der Waals surface area contributed by atoms with Crippen LogP contribution in [0.15, 0.2) is 54.6 Å². The van der Waals surface area contributed by atoms with E-state index in [4.69, 9.17) is 4.74 Å². The molecule has 0 N–H and O–H groups in total. The van der Waals surface area contributed by atoms with E-state index >= 15 is 0 Å². The molecule has 0 radical (unpaired) electrons. The van der Waals surface area contributed by atoms with Crippen LogP contribution >= 0.6 is 0 Å². The Labute approximate surface area is 113 Å². The molecule has 0 aromatic heterocycles. The summed E-state index contributed by atoms with van der Waals surface area (Å²) in [5, 5.41) is 0. The minimum atomic E-state index is 0.0285. The van der Waals surface area contributed by atoms with Crippen LogP contribution in [0.25, 0.3) is 0 Å². The van der Waals surface area contributed by atoms with E-state index in [9.17, 15) is 4.79 Å². The van der Waals surface area contributed by atoms with Gasteiger partial charge in [0.15, 0.2) is 5.78 Å². The van der Waals surface area contributed by atoms with E-state index in [0.29, 0.717) is 17.9 Å². The van der Waals surface area contributed by atoms with Crippen LogP contribution in [-0.2, 0) is 0 Å². The summed E-state index contributed by atoms with van der Waals surface area (Å²) in [6.07, 6.45) is 0. The lowest BCUT2D eigenvalue weighted by Gasteiger charge is -2.03. The van der Waals surface area contributed by atoms with Crippen molar-refractivity contribution in [3.63, 3.8) is 0 Å². The summed E-state index contributed by atoms with van der Waals surface area (Å²) in [4.78, 5) is 11.2. The molecule has 2 aromatic rings. The van der Waals surface area contributed by atoms with Crippen molar-refractivity contribution in [3.05, 3.63) is 65.7 Å². The zero-order valence-electron chi connectivity index (χ0n) is 10.7. The average molecular weight is 250 g/mol. The lowest BCUT2D eigenvalue weighted by Crippen LogP contribution is -1.97. The first kappa shape index (κ1) is 12.9. The minimum Gasteiger partial charge on any atom is -0.481 e. The largest absolute Gasteiger partial charge is 0.481 e. The van der Waals surface area contributed by atoms with Crippen LogP contribution in [0.1, 0.15) is 22.8 Å². The quantitative estimate of drug-likeness (QED) is 0.617. The molecule has 0 spiro atoms. The van der Waals surface area contributed by atoms with Gasteiger partial charge >= 0.3 is 0 Å². The van der Waals surface area contributed by atoms with Gasteiger partial charge in [0.05, 0.1) is 0 Å². The lowest BCUT2D eigenvalue weighted by atomic mass is 10.1. The van der Waals surface area contributed by atoms with Gasteiger partial charge in [0.1, 0.15) is 12.4 Å². The third kappa shape index (κ3) is 4.01. The molecule has 0 saturated heterocycles. The Bertz CT molecular complexity index is 618. The smallest absolute Gasteiger partial charge is 0.159 e. The van der Waals surface area contributed by atoms with Gasteiger partial charge in [0.2, 0.25) is 0 Å². The molecule has 0 aliphatic rings. The van der Waals surface area contributed by atoms with Crippen molar-refractivity contribution >= 4 is 5.78 Å². The summed E-state index contributed by atoms with van der Waals surface area (Å²) in [6, 6.07) is 16.9. The first-order chi connectivity index (χ1) is 9.25. The molecule has 0 saturated carbocycles. The number of carbonyl (C=O) groups excluding carboxylic acids is 1. The molecule has 0 unspecified atom stereocenters. The minimum absolute atomic E-state index is 0.0285. The van der Waals surface area contributed by atoms with Crippen molar-refractivity contribution < 1.29 is 9.53 Å². The van der Waals surface area contributed by atoms with Gasteiger partial charge in [0.25, 0.3) is 0 Å². The molecule has 19 heavy (non-hydrogen) atoms. The fourth-order valence-electron chi connectivity index (χ4n) is 1.58. The van der Waals surface area contributed by atoms with Crippen molar-refractivity contribution in [2.45, 2.75) is 6.92 Å². The van der Waals surface area contributed by atoms with E-state index in [1.807, 2.05) is 36.4 Å². The first-order valence-corrected chi connectivity index (χ1v) is 6.03. The van der Waals surface area contributed by atoms with Crippen LogP contribution in [0.5, 0.6) is 5.75 Å². The van der Waals surface area contributed by atoms with Gasteiger partial charge in [-0.05, 0) is 31.2 Å². The summed E-state index contributed by atoms with van der Waals surface area (Å²) in [6.45, 7) is 1.84. The normalized spacial score (nSPS) is 9.32. The van der Waals surface area contributed by atoms with Gasteiger partial charge in [-0.2, -0.15) is 0 Å². The molecule has 0 amide bonds. The Morgan fingerprint density at radius 2 is 1.89 bits per heavy atom. The van der Waals surface area contributed by atoms with Crippen LogP contribution in [-0.4, -0.2) is 12.4 Å². The lowest BCUT2D eigenvalue weighted by molar-refractivity contribution is 0.101. The molecular weight excluding hydrogens is 236 g/mol. The number of ether oxygens (including phenoxy) is 1. The molecule has 0 fully saturated rings. The zero-order chi connectivity index (χ0) is 13.5. The topological polar surface area (TPSA) is 26.3 Å². The van der Waals surface area contributed by atoms with Crippen LogP contribution in [0, 0.1) is 11.8 Å². The molecular formula is C17H14O2. The van der Waals surface area contributed by atoms with Crippen molar-refractivity contribution in [3.8, 4) is 17.6 Å². The van der Waals surface area contributed by atoms with Gasteiger partial charge in [-0.3, -0.25) is 4.79 Å². The Morgan fingerprint density at radius 3 is 2.63 bits per heavy atom. The first-order valence-electron chi connectivity index (χ1n) is 6.03. The molecule has 94 valence electrons. The van der Waals surface area contributed by atoms with E-state index in [2.05, 4.69) is 11.8 Å². The van der Waals surface area contributed by atoms with E-state index in [1.165, 1.54) is 6.92 Å². The predicted molar refractivity (Wildman–Crippen MR) is 75.3 cm³/mol. The molecule has 0 aliphatic carbocycles. The van der Waals surface area contributed by atoms with E-state index < -0.39 is 0 Å². The van der Waals surface area contributed by atoms with Gasteiger partial charge in [-0.25, -0.2) is 0 Å². The van der Waals surface area contributed by atoms with Gasteiger partial charge < -0.3 is 4.74 Å². The highest BCUT2D eigenvalue weighted by Gasteiger charge is 2.00. The second-order valence-corrected chi connectivity index (χ2v) is 4.04. The summed E-state index contributed by atoms with van der Waals surface area (Å²) in [5.74, 6) is 6.64. The number of benzene rings is 2. The predicted octanol–water partition coefficient (Wildman–Crippen LogP) is 3.32. The maximum absolute atomic E-state index is 11.2. The fourth-order valence-corrected chi connectivity index (χ4v) is 1.58. The van der Waals surface area contributed by atoms with Crippen LogP contribution in [0.2, 0.25) is 0 Å². The SMILES string of the molecule is CC(=O)c1cccc(OCC#Cc2ccccc2)c1. The van der Waals surface area contributed by atoms with Crippen LogP contribution < -0.4 is 4.74 Å². The van der Waals surface area contributed by atoms with Crippen molar-refractivity contribution in [1.29, 1.82) is 0 Å². The summed E-state index contributed by atoms with van der Waals surface area (Å²) in [7, 11) is 0. The van der Waals surface area contributed by atoms with Crippen molar-refractivity contribution in [1.82, 2.24) is 0 Å². The number of rotatable bonds is 3. The second-order valence-electron chi connectivity index (χ2n) is 4.04. The molecule has 2 rings (SSSR count). The Kier molecular flexibility index (Phi) is 4.36. The third-order valence-corrected chi connectivity index (χ3v) is 2.56. The Morgan fingerprint density at radius 1 is 1.11 bits per heavy atom. The van der Waals surface area contributed by atoms with Gasteiger partial charge in [-0.1, -0.05) is 42.2 Å². The molecule has 0 heterocycles. The van der Waals surface area contributed by atoms with E-state index in [1.54, 1.807) is 18.2 Å². The van der Waals surface area contributed by atoms with Gasteiger partial charge in [-0.15, -0.1) is 0 Å². The highest BCUT2D eigenvalue weighted by Crippen LogP contribution is 2.13. The fraction of sp³-hybridized carbons (Fsp3) is 0.118. The average Bonchev–Trinajstić information content (AvgIpc) is 2.45. The molecule has 0 bridgehead atoms. The Balaban J connectivity index is 1.95. The number of hydrogen-bond acceptors (Lipinski definition) is 2. The highest BCUT2D eigenvalue weighted by atomic mass is 16.5. The highest BCUT2D eigenvalue weighted by molar-refractivity contribution is 5.94. The molecule has 0 atom stereocenters. The van der Waals surface area contributed by atoms with Crippen molar-refractivity contribution in [2.75, 3.05) is 6.61 Å². The molecule has 0 aliphatic heterocycles. The summed E-state index contributed by atoms with van der Waals surface area (Å²) < 4.78 is 5.49. The van der Waals surface area contributed by atoms with Crippen LogP contribution in [0.3, 0.4) is 0 Å². The maximum atomic E-state index is 11.2.